The Bertz CT molecular complexity index is 201. The molecule has 0 atom stereocenters. The quantitative estimate of drug-likeness (QED) is 0.619. The third-order valence-corrected chi connectivity index (χ3v) is 1.17. The molecule has 0 aliphatic carbocycles. The van der Waals surface area contributed by atoms with Crippen molar-refractivity contribution < 1.29 is 32.7 Å². The molecular weight excluding hydrogens is 197 g/mol. The fraction of sp³-hybridized carbons (Fsp3) is 0.111. The van der Waals surface area contributed by atoms with E-state index in [4.69, 9.17) is 0 Å². The van der Waals surface area contributed by atoms with Crippen molar-refractivity contribution in [3.8, 4) is 0 Å². The second-order valence-electron chi connectivity index (χ2n) is 2.06. The molecule has 0 spiro atoms. The van der Waals surface area contributed by atoms with Gasteiger partial charge in [-0.25, -0.2) is 0 Å². The molecule has 1 heteroatoms. The zero-order valence-corrected chi connectivity index (χ0v) is 8.93. The van der Waals surface area contributed by atoms with Gasteiger partial charge in [-0.2, -0.15) is 0 Å². The van der Waals surface area contributed by atoms with Crippen LogP contribution in [0.2, 0.25) is 0 Å². The van der Waals surface area contributed by atoms with Gasteiger partial charge in [0.1, 0.15) is 0 Å². The molecule has 0 heterocycles. The smallest absolute Gasteiger partial charge is 0 e. The van der Waals surface area contributed by atoms with E-state index in [-0.39, 0.29) is 32.7 Å². The van der Waals surface area contributed by atoms with E-state index >= 15 is 0 Å². The first kappa shape index (κ1) is 10.1. The molecule has 0 saturated heterocycles. The summed E-state index contributed by atoms with van der Waals surface area (Å²) in [6.45, 7) is 5.77. The molecule has 0 saturated carbocycles. The van der Waals surface area contributed by atoms with Gasteiger partial charge in [-0.05, 0) is 0 Å². The zero-order chi connectivity index (χ0) is 6.69. The van der Waals surface area contributed by atoms with E-state index in [1.165, 1.54) is 0 Å². The van der Waals surface area contributed by atoms with Crippen molar-refractivity contribution in [2.75, 3.05) is 0 Å². The molecule has 0 nitrogen and oxygen atoms in total. The molecular formula is C9H9Y-. The molecule has 0 aliphatic rings. The van der Waals surface area contributed by atoms with Gasteiger partial charge in [-0.15, -0.1) is 48.0 Å². The van der Waals surface area contributed by atoms with Crippen LogP contribution >= 0.6 is 0 Å². The fourth-order valence-corrected chi connectivity index (χ4v) is 0.659. The average Bonchev–Trinajstić information content (AvgIpc) is 1.90. The van der Waals surface area contributed by atoms with Crippen molar-refractivity contribution in [2.24, 2.45) is 0 Å². The van der Waals surface area contributed by atoms with Gasteiger partial charge < -0.3 is 0 Å². The van der Waals surface area contributed by atoms with Gasteiger partial charge in [-0.3, -0.25) is 0 Å². The van der Waals surface area contributed by atoms with E-state index < -0.39 is 0 Å². The number of hydrogen-bond acceptors (Lipinski definition) is 0. The van der Waals surface area contributed by atoms with E-state index in [9.17, 15) is 0 Å². The maximum Gasteiger partial charge on any atom is 0 e. The van der Waals surface area contributed by atoms with Crippen LogP contribution in [0.3, 0.4) is 0 Å². The van der Waals surface area contributed by atoms with Crippen molar-refractivity contribution in [3.05, 3.63) is 42.5 Å². The van der Waals surface area contributed by atoms with Gasteiger partial charge in [0.2, 0.25) is 0 Å². The third-order valence-electron chi connectivity index (χ3n) is 1.17. The second-order valence-corrected chi connectivity index (χ2v) is 2.06. The normalized spacial score (nSPS) is 8.10. The van der Waals surface area contributed by atoms with Gasteiger partial charge in [0.15, 0.2) is 0 Å². The summed E-state index contributed by atoms with van der Waals surface area (Å²) in [5.41, 5.74) is 2.16. The first-order chi connectivity index (χ1) is 4.30. The van der Waals surface area contributed by atoms with Gasteiger partial charge >= 0.3 is 0 Å². The molecule has 0 aromatic heterocycles. The van der Waals surface area contributed by atoms with E-state index in [2.05, 4.69) is 12.6 Å². The Morgan fingerprint density at radius 1 is 1.50 bits per heavy atom. The summed E-state index contributed by atoms with van der Waals surface area (Å²) in [5.74, 6) is 0. The Labute approximate surface area is 87.2 Å². The molecule has 0 amide bonds. The number of hydrogen-bond donors (Lipinski definition) is 0. The molecule has 1 radical (unpaired) electrons. The summed E-state index contributed by atoms with van der Waals surface area (Å²) < 4.78 is 0. The summed E-state index contributed by atoms with van der Waals surface area (Å²) in [6.07, 6.45) is 0. The monoisotopic (exact) mass is 206 g/mol. The summed E-state index contributed by atoms with van der Waals surface area (Å²) >= 11 is 0. The van der Waals surface area contributed by atoms with Crippen molar-refractivity contribution in [2.45, 2.75) is 6.92 Å². The summed E-state index contributed by atoms with van der Waals surface area (Å²) in [5, 5.41) is 0. The summed E-state index contributed by atoms with van der Waals surface area (Å²) in [4.78, 5) is 0. The molecule has 0 bridgehead atoms. The van der Waals surface area contributed by atoms with Crippen LogP contribution in [0.25, 0.3) is 5.57 Å². The minimum Gasteiger partial charge on any atom is -0.148 e. The topological polar surface area (TPSA) is 0 Å². The Balaban J connectivity index is 0.000000810. The molecule has 0 unspecified atom stereocenters. The van der Waals surface area contributed by atoms with Crippen LogP contribution in [0.1, 0.15) is 12.5 Å². The fourth-order valence-electron chi connectivity index (χ4n) is 0.659. The van der Waals surface area contributed by atoms with E-state index in [0.29, 0.717) is 0 Å². The standard InChI is InChI=1S/C9H9.Y/c1-8(2)9-6-4-3-5-7-9;/h3-6H,1H2,2H3;/q-1;. The van der Waals surface area contributed by atoms with Crippen molar-refractivity contribution in [1.29, 1.82) is 0 Å². The van der Waals surface area contributed by atoms with E-state index in [1.807, 2.05) is 31.2 Å². The molecule has 10 heavy (non-hydrogen) atoms. The van der Waals surface area contributed by atoms with Crippen molar-refractivity contribution in [1.82, 2.24) is 0 Å². The van der Waals surface area contributed by atoms with Crippen LogP contribution < -0.4 is 0 Å². The maximum absolute atomic E-state index is 3.79. The van der Waals surface area contributed by atoms with Crippen LogP contribution in [0.4, 0.5) is 0 Å². The Morgan fingerprint density at radius 3 is 2.50 bits per heavy atom. The Morgan fingerprint density at radius 2 is 2.20 bits per heavy atom. The van der Waals surface area contributed by atoms with Crippen LogP contribution in [-0.4, -0.2) is 0 Å². The largest absolute Gasteiger partial charge is 0.148 e. The Hall–Kier alpha value is 0.0639. The summed E-state index contributed by atoms with van der Waals surface area (Å²) in [7, 11) is 0. The number of rotatable bonds is 1. The Kier molecular flexibility index (Phi) is 4.85. The number of benzene rings is 1. The SMILES string of the molecule is C=C(C)c1[c-]cccc1.[Y]. The van der Waals surface area contributed by atoms with Crippen molar-refractivity contribution >= 4 is 5.57 Å². The van der Waals surface area contributed by atoms with Crippen LogP contribution in [0.15, 0.2) is 30.8 Å². The molecule has 0 aliphatic heterocycles. The van der Waals surface area contributed by atoms with E-state index in [1.54, 1.807) is 0 Å². The second kappa shape index (κ2) is 4.81. The van der Waals surface area contributed by atoms with Gasteiger partial charge in [0, 0.05) is 32.7 Å². The molecule has 0 N–H and O–H groups in total. The van der Waals surface area contributed by atoms with Crippen LogP contribution in [-0.2, 0) is 32.7 Å². The average molecular weight is 206 g/mol. The molecule has 1 aromatic carbocycles. The summed E-state index contributed by atoms with van der Waals surface area (Å²) in [6, 6.07) is 10.9. The molecule has 1 rings (SSSR count). The minimum atomic E-state index is 0. The van der Waals surface area contributed by atoms with Gasteiger partial charge in [-0.1, -0.05) is 6.92 Å². The molecule has 0 fully saturated rings. The van der Waals surface area contributed by atoms with Crippen LogP contribution in [0.5, 0.6) is 0 Å². The first-order valence-electron chi connectivity index (χ1n) is 2.93. The predicted octanol–water partition coefficient (Wildman–Crippen LogP) is 2.52. The zero-order valence-electron chi connectivity index (χ0n) is 6.09. The minimum absolute atomic E-state index is 0. The maximum atomic E-state index is 3.79. The predicted molar refractivity (Wildman–Crippen MR) is 40.0 cm³/mol. The molecule has 1 aromatic rings. The first-order valence-corrected chi connectivity index (χ1v) is 2.93. The number of allylic oxidation sites excluding steroid dienone is 1. The third kappa shape index (κ3) is 2.76. The van der Waals surface area contributed by atoms with E-state index in [0.717, 1.165) is 11.1 Å². The molecule has 49 valence electrons. The van der Waals surface area contributed by atoms with Crippen molar-refractivity contribution in [3.63, 3.8) is 0 Å². The van der Waals surface area contributed by atoms with Crippen LogP contribution in [0, 0.1) is 6.07 Å². The van der Waals surface area contributed by atoms with Gasteiger partial charge in [0.25, 0.3) is 0 Å². The van der Waals surface area contributed by atoms with Gasteiger partial charge in [0.05, 0.1) is 0 Å².